The molecule has 0 fully saturated rings. The highest BCUT2D eigenvalue weighted by atomic mass is 32.1. The zero-order valence-electron chi connectivity index (χ0n) is 8.88. The molecule has 0 aliphatic heterocycles. The van der Waals surface area contributed by atoms with Crippen LogP contribution in [0.4, 0.5) is 0 Å². The van der Waals surface area contributed by atoms with Gasteiger partial charge in [0.1, 0.15) is 0 Å². The molecule has 1 aromatic heterocycles. The first kappa shape index (κ1) is 11.6. The normalized spacial score (nSPS) is 10.7. The van der Waals surface area contributed by atoms with Crippen molar-refractivity contribution in [3.8, 4) is 0 Å². The van der Waals surface area contributed by atoms with E-state index in [2.05, 4.69) is 15.7 Å². The van der Waals surface area contributed by atoms with Gasteiger partial charge in [0.05, 0.1) is 10.7 Å². The lowest BCUT2D eigenvalue weighted by Crippen LogP contribution is -2.19. The molecule has 0 radical (unpaired) electrons. The molecule has 0 amide bonds. The first-order chi connectivity index (χ1) is 6.83. The van der Waals surface area contributed by atoms with E-state index < -0.39 is 0 Å². The highest BCUT2D eigenvalue weighted by Gasteiger charge is 1.96. The minimum atomic E-state index is 0.836. The van der Waals surface area contributed by atoms with Gasteiger partial charge in [0.15, 0.2) is 0 Å². The van der Waals surface area contributed by atoms with Crippen LogP contribution in [0.3, 0.4) is 0 Å². The molecule has 0 atom stereocenters. The topological polar surface area (TPSA) is 34.1 Å². The summed E-state index contributed by atoms with van der Waals surface area (Å²) in [5, 5.41) is 6.65. The summed E-state index contributed by atoms with van der Waals surface area (Å²) in [7, 11) is 1.73. The first-order valence-electron chi connectivity index (χ1n) is 4.93. The second-order valence-electron chi connectivity index (χ2n) is 3.20. The maximum Gasteiger partial charge on any atom is 0.0897 e. The van der Waals surface area contributed by atoms with Crippen LogP contribution >= 0.6 is 11.3 Å². The summed E-state index contributed by atoms with van der Waals surface area (Å²) >= 11 is 1.72. The number of aromatic nitrogens is 1. The number of nitrogens with one attached hydrogen (secondary N) is 1. The van der Waals surface area contributed by atoms with Gasteiger partial charge in [-0.1, -0.05) is 0 Å². The molecule has 0 saturated heterocycles. The van der Waals surface area contributed by atoms with Gasteiger partial charge in [0, 0.05) is 32.1 Å². The van der Waals surface area contributed by atoms with E-state index in [-0.39, 0.29) is 0 Å². The van der Waals surface area contributed by atoms with Crippen molar-refractivity contribution in [1.29, 1.82) is 0 Å². The van der Waals surface area contributed by atoms with E-state index in [9.17, 15) is 0 Å². The molecule has 3 nitrogen and oxygen atoms in total. The average molecular weight is 214 g/mol. The number of aryl methyl sites for hydroxylation is 1. The van der Waals surface area contributed by atoms with E-state index in [4.69, 9.17) is 4.74 Å². The fourth-order valence-electron chi connectivity index (χ4n) is 1.21. The highest BCUT2D eigenvalue weighted by molar-refractivity contribution is 7.09. The molecule has 0 unspecified atom stereocenters. The molecule has 1 heterocycles. The Morgan fingerprint density at radius 2 is 2.36 bits per heavy atom. The van der Waals surface area contributed by atoms with E-state index in [0.29, 0.717) is 0 Å². The second kappa shape index (κ2) is 6.92. The molecule has 0 aromatic carbocycles. The second-order valence-corrected chi connectivity index (χ2v) is 4.27. The third kappa shape index (κ3) is 4.69. The fourth-order valence-corrected chi connectivity index (χ4v) is 1.85. The van der Waals surface area contributed by atoms with Crippen molar-refractivity contribution in [2.45, 2.75) is 19.8 Å². The van der Waals surface area contributed by atoms with E-state index in [0.717, 1.165) is 37.5 Å². The first-order valence-corrected chi connectivity index (χ1v) is 5.81. The van der Waals surface area contributed by atoms with Crippen molar-refractivity contribution in [3.05, 3.63) is 16.1 Å². The van der Waals surface area contributed by atoms with Crippen molar-refractivity contribution < 1.29 is 4.74 Å². The van der Waals surface area contributed by atoms with Gasteiger partial charge in [-0.15, -0.1) is 11.3 Å². The Hall–Kier alpha value is -0.450. The number of rotatable bonds is 7. The van der Waals surface area contributed by atoms with E-state index in [1.807, 2.05) is 6.92 Å². The quantitative estimate of drug-likeness (QED) is 0.700. The Morgan fingerprint density at radius 3 is 3.00 bits per heavy atom. The molecule has 1 aromatic rings. The molecule has 1 N–H and O–H groups in total. The number of hydrogen-bond acceptors (Lipinski definition) is 4. The van der Waals surface area contributed by atoms with Crippen LogP contribution in [0, 0.1) is 6.92 Å². The number of nitrogens with zero attached hydrogens (tertiary/aromatic N) is 1. The summed E-state index contributed by atoms with van der Waals surface area (Å²) < 4.78 is 4.96. The van der Waals surface area contributed by atoms with Gasteiger partial charge < -0.3 is 10.1 Å². The van der Waals surface area contributed by atoms with Gasteiger partial charge in [-0.25, -0.2) is 4.98 Å². The van der Waals surface area contributed by atoms with Crippen LogP contribution in [0.5, 0.6) is 0 Å². The summed E-state index contributed by atoms with van der Waals surface area (Å²) in [6.45, 7) is 4.91. The highest BCUT2D eigenvalue weighted by Crippen LogP contribution is 2.07. The van der Waals surface area contributed by atoms with Gasteiger partial charge in [0.25, 0.3) is 0 Å². The monoisotopic (exact) mass is 214 g/mol. The molecular formula is C10H18N2OS. The predicted octanol–water partition coefficient (Wildman–Crippen LogP) is 1.62. The molecule has 1 rings (SSSR count). The smallest absolute Gasteiger partial charge is 0.0897 e. The molecule has 0 aliphatic carbocycles. The van der Waals surface area contributed by atoms with Gasteiger partial charge >= 0.3 is 0 Å². The molecular weight excluding hydrogens is 196 g/mol. The Kier molecular flexibility index (Phi) is 5.75. The number of hydrogen-bond donors (Lipinski definition) is 1. The van der Waals surface area contributed by atoms with Crippen molar-refractivity contribution in [2.24, 2.45) is 0 Å². The lowest BCUT2D eigenvalue weighted by Gasteiger charge is -2.02. The lowest BCUT2D eigenvalue weighted by atomic mass is 10.3. The maximum atomic E-state index is 4.96. The summed E-state index contributed by atoms with van der Waals surface area (Å²) in [4.78, 5) is 4.40. The van der Waals surface area contributed by atoms with Crippen LogP contribution in [0.1, 0.15) is 17.1 Å². The van der Waals surface area contributed by atoms with Crippen LogP contribution in [0.15, 0.2) is 5.38 Å². The van der Waals surface area contributed by atoms with Crippen molar-refractivity contribution in [1.82, 2.24) is 10.3 Å². The maximum absolute atomic E-state index is 4.96. The minimum absolute atomic E-state index is 0.836. The van der Waals surface area contributed by atoms with Gasteiger partial charge in [-0.3, -0.25) is 0 Å². The van der Waals surface area contributed by atoms with Crippen molar-refractivity contribution in [2.75, 3.05) is 26.8 Å². The molecule has 0 saturated carbocycles. The van der Waals surface area contributed by atoms with E-state index >= 15 is 0 Å². The van der Waals surface area contributed by atoms with Crippen LogP contribution in [-0.2, 0) is 11.2 Å². The summed E-state index contributed by atoms with van der Waals surface area (Å²) in [6, 6.07) is 0. The summed E-state index contributed by atoms with van der Waals surface area (Å²) in [5.41, 5.74) is 1.20. The molecule has 0 spiro atoms. The van der Waals surface area contributed by atoms with E-state index in [1.165, 1.54) is 5.69 Å². The Labute approximate surface area is 89.5 Å². The molecule has 80 valence electrons. The van der Waals surface area contributed by atoms with Gasteiger partial charge in [0.2, 0.25) is 0 Å². The Morgan fingerprint density at radius 1 is 1.50 bits per heavy atom. The Bertz CT molecular complexity index is 250. The van der Waals surface area contributed by atoms with Gasteiger partial charge in [-0.05, 0) is 19.9 Å². The van der Waals surface area contributed by atoms with Gasteiger partial charge in [-0.2, -0.15) is 0 Å². The third-order valence-corrected chi connectivity index (χ3v) is 2.75. The summed E-state index contributed by atoms with van der Waals surface area (Å²) in [6.07, 6.45) is 2.10. The minimum Gasteiger partial charge on any atom is -0.385 e. The summed E-state index contributed by atoms with van der Waals surface area (Å²) in [5.74, 6) is 0. The zero-order valence-corrected chi connectivity index (χ0v) is 9.69. The third-order valence-electron chi connectivity index (χ3n) is 1.93. The molecule has 0 aliphatic rings. The fraction of sp³-hybridized carbons (Fsp3) is 0.700. The van der Waals surface area contributed by atoms with Crippen molar-refractivity contribution in [3.63, 3.8) is 0 Å². The van der Waals surface area contributed by atoms with Crippen LogP contribution < -0.4 is 5.32 Å². The number of ether oxygens (including phenoxy) is 1. The Balaban J connectivity index is 1.99. The van der Waals surface area contributed by atoms with Crippen LogP contribution in [0.2, 0.25) is 0 Å². The number of methoxy groups -OCH3 is 1. The van der Waals surface area contributed by atoms with Crippen LogP contribution in [-0.4, -0.2) is 31.8 Å². The average Bonchev–Trinajstić information content (AvgIpc) is 2.58. The number of thiazole rings is 1. The van der Waals surface area contributed by atoms with Crippen molar-refractivity contribution >= 4 is 11.3 Å². The molecule has 14 heavy (non-hydrogen) atoms. The molecule has 0 bridgehead atoms. The standard InChI is InChI=1S/C10H18N2OS/c1-9-12-10(8-14-9)4-6-11-5-3-7-13-2/h8,11H,3-7H2,1-2H3. The molecule has 4 heteroatoms. The predicted molar refractivity (Wildman–Crippen MR) is 59.9 cm³/mol. The largest absolute Gasteiger partial charge is 0.385 e. The zero-order chi connectivity index (χ0) is 10.2. The lowest BCUT2D eigenvalue weighted by molar-refractivity contribution is 0.194. The van der Waals surface area contributed by atoms with E-state index in [1.54, 1.807) is 18.4 Å². The SMILES string of the molecule is COCCCNCCc1csc(C)n1. The van der Waals surface area contributed by atoms with Crippen LogP contribution in [0.25, 0.3) is 0 Å².